The van der Waals surface area contributed by atoms with Gasteiger partial charge in [0.05, 0.1) is 11.4 Å². The molecule has 0 spiro atoms. The van der Waals surface area contributed by atoms with Crippen molar-refractivity contribution < 1.29 is 0 Å². The van der Waals surface area contributed by atoms with Gasteiger partial charge in [0.15, 0.2) is 5.65 Å². The highest BCUT2D eigenvalue weighted by Gasteiger charge is 2.13. The molecule has 0 unspecified atom stereocenters. The minimum atomic E-state index is 0.547. The van der Waals surface area contributed by atoms with Gasteiger partial charge in [0.25, 0.3) is 0 Å². The first-order valence-electron chi connectivity index (χ1n) is 8.70. The van der Waals surface area contributed by atoms with Crippen LogP contribution in [0.2, 0.25) is 0 Å². The lowest BCUT2D eigenvalue weighted by Crippen LogP contribution is -2.05. The summed E-state index contributed by atoms with van der Waals surface area (Å²) in [4.78, 5) is 4.10. The Hall–Kier alpha value is -4.14. The van der Waals surface area contributed by atoms with Crippen molar-refractivity contribution in [3.8, 4) is 16.9 Å². The number of pyridine rings is 1. The highest BCUT2D eigenvalue weighted by Crippen LogP contribution is 2.24. The van der Waals surface area contributed by atoms with Crippen LogP contribution in [0.3, 0.4) is 0 Å². The minimum absolute atomic E-state index is 0.547. The molecule has 28 heavy (non-hydrogen) atoms. The van der Waals surface area contributed by atoms with Crippen LogP contribution < -0.4 is 5.32 Å². The van der Waals surface area contributed by atoms with Gasteiger partial charge in [0, 0.05) is 36.3 Å². The zero-order valence-electron chi connectivity index (χ0n) is 14.7. The molecule has 136 valence electrons. The monoisotopic (exact) mass is 369 g/mol. The number of benzene rings is 1. The second-order valence-electron chi connectivity index (χ2n) is 6.12. The maximum atomic E-state index is 4.80. The summed E-state index contributed by atoms with van der Waals surface area (Å²) < 4.78 is 3.27. The topological polar surface area (TPSA) is 98.7 Å². The van der Waals surface area contributed by atoms with Gasteiger partial charge < -0.3 is 5.32 Å². The molecule has 9 nitrogen and oxygen atoms in total. The molecular weight excluding hydrogens is 354 g/mol. The van der Waals surface area contributed by atoms with Gasteiger partial charge in [-0.3, -0.25) is 4.98 Å². The maximum absolute atomic E-state index is 4.80. The zero-order chi connectivity index (χ0) is 18.8. The summed E-state index contributed by atoms with van der Waals surface area (Å²) in [6, 6.07) is 17.6. The zero-order valence-corrected chi connectivity index (χ0v) is 14.7. The lowest BCUT2D eigenvalue weighted by Gasteiger charge is -2.05. The SMILES string of the molecule is c1ccc(-n2cc(CNc3ccc4nnnn4n3)c(-c3ccncc3)n2)cc1. The Bertz CT molecular complexity index is 1210. The number of rotatable bonds is 5. The number of nitrogens with one attached hydrogen (secondary N) is 1. The molecule has 9 heteroatoms. The average Bonchev–Trinajstić information content (AvgIpc) is 3.40. The predicted octanol–water partition coefficient (Wildman–Crippen LogP) is 2.38. The fourth-order valence-electron chi connectivity index (χ4n) is 2.93. The number of hydrogen-bond donors (Lipinski definition) is 1. The van der Waals surface area contributed by atoms with Gasteiger partial charge in [-0.25, -0.2) is 4.68 Å². The second-order valence-corrected chi connectivity index (χ2v) is 6.12. The number of anilines is 1. The van der Waals surface area contributed by atoms with Crippen LogP contribution in [0.15, 0.2) is 73.2 Å². The third-order valence-corrected chi connectivity index (χ3v) is 4.29. The summed E-state index contributed by atoms with van der Waals surface area (Å²) in [6.45, 7) is 0.547. The quantitative estimate of drug-likeness (QED) is 0.508. The Morgan fingerprint density at radius 3 is 2.61 bits per heavy atom. The molecule has 0 aliphatic rings. The van der Waals surface area contributed by atoms with Gasteiger partial charge in [0.1, 0.15) is 5.82 Å². The summed E-state index contributed by atoms with van der Waals surface area (Å²) in [5.74, 6) is 0.674. The van der Waals surface area contributed by atoms with Crippen molar-refractivity contribution >= 4 is 11.5 Å². The van der Waals surface area contributed by atoms with Crippen LogP contribution in [0.25, 0.3) is 22.6 Å². The molecule has 0 radical (unpaired) electrons. The van der Waals surface area contributed by atoms with E-state index in [1.807, 2.05) is 65.5 Å². The summed E-state index contributed by atoms with van der Waals surface area (Å²) in [5, 5.41) is 23.8. The molecule has 0 saturated heterocycles. The van der Waals surface area contributed by atoms with E-state index in [4.69, 9.17) is 5.10 Å². The molecule has 4 heterocycles. The Kier molecular flexibility index (Phi) is 3.94. The largest absolute Gasteiger partial charge is 0.364 e. The minimum Gasteiger partial charge on any atom is -0.364 e. The first-order valence-corrected chi connectivity index (χ1v) is 8.70. The molecule has 0 aliphatic carbocycles. The molecule has 0 bridgehead atoms. The summed E-state index contributed by atoms with van der Waals surface area (Å²) in [7, 11) is 0. The fraction of sp³-hybridized carbons (Fsp3) is 0.0526. The first-order chi connectivity index (χ1) is 13.9. The molecule has 0 fully saturated rings. The third kappa shape index (κ3) is 3.05. The van der Waals surface area contributed by atoms with Gasteiger partial charge in [0.2, 0.25) is 0 Å². The molecule has 0 atom stereocenters. The van der Waals surface area contributed by atoms with Gasteiger partial charge >= 0.3 is 0 Å². The Morgan fingerprint density at radius 2 is 1.75 bits per heavy atom. The predicted molar refractivity (Wildman–Crippen MR) is 103 cm³/mol. The van der Waals surface area contributed by atoms with Crippen LogP contribution in [0.5, 0.6) is 0 Å². The number of nitrogens with zero attached hydrogens (tertiary/aromatic N) is 8. The van der Waals surface area contributed by atoms with Crippen LogP contribution >= 0.6 is 0 Å². The van der Waals surface area contributed by atoms with Crippen molar-refractivity contribution in [1.29, 1.82) is 0 Å². The first kappa shape index (κ1) is 16.1. The molecule has 4 aromatic heterocycles. The van der Waals surface area contributed by atoms with Crippen molar-refractivity contribution in [3.05, 3.63) is 78.8 Å². The molecule has 5 rings (SSSR count). The van der Waals surface area contributed by atoms with E-state index >= 15 is 0 Å². The van der Waals surface area contributed by atoms with Crippen LogP contribution in [-0.4, -0.2) is 40.0 Å². The van der Waals surface area contributed by atoms with Crippen molar-refractivity contribution in [3.63, 3.8) is 0 Å². The maximum Gasteiger partial charge on any atom is 0.200 e. The molecular formula is C19H15N9. The number of tetrazole rings is 1. The number of fused-ring (bicyclic) bond motifs is 1. The van der Waals surface area contributed by atoms with Crippen LogP contribution in [0.4, 0.5) is 5.82 Å². The van der Waals surface area contributed by atoms with E-state index in [1.54, 1.807) is 12.4 Å². The number of para-hydroxylation sites is 1. The second kappa shape index (κ2) is 6.88. The van der Waals surface area contributed by atoms with Crippen molar-refractivity contribution in [2.24, 2.45) is 0 Å². The normalized spacial score (nSPS) is 11.0. The lowest BCUT2D eigenvalue weighted by atomic mass is 10.1. The molecule has 0 saturated carbocycles. The summed E-state index contributed by atoms with van der Waals surface area (Å²) >= 11 is 0. The average molecular weight is 369 g/mol. The van der Waals surface area contributed by atoms with E-state index in [2.05, 4.69) is 30.9 Å². The number of hydrogen-bond acceptors (Lipinski definition) is 7. The highest BCUT2D eigenvalue weighted by molar-refractivity contribution is 5.63. The molecule has 1 aromatic carbocycles. The Labute approximate surface area is 159 Å². The highest BCUT2D eigenvalue weighted by atomic mass is 15.6. The standard InChI is InChI=1S/C19H15N9/c1-2-4-16(5-3-1)27-13-15(19(24-27)14-8-10-20-11-9-14)12-21-17-6-7-18-22-25-26-28(18)23-17/h1-11,13H,12H2,(H,21,23). The molecule has 0 amide bonds. The van der Waals surface area contributed by atoms with Crippen molar-refractivity contribution in [1.82, 2.24) is 40.0 Å². The Morgan fingerprint density at radius 1 is 0.893 bits per heavy atom. The third-order valence-electron chi connectivity index (χ3n) is 4.29. The van der Waals surface area contributed by atoms with E-state index < -0.39 is 0 Å². The van der Waals surface area contributed by atoms with E-state index in [-0.39, 0.29) is 0 Å². The molecule has 5 aromatic rings. The van der Waals surface area contributed by atoms with Crippen LogP contribution in [-0.2, 0) is 6.54 Å². The van der Waals surface area contributed by atoms with Gasteiger partial charge in [-0.15, -0.1) is 14.8 Å². The van der Waals surface area contributed by atoms with Gasteiger partial charge in [-0.1, -0.05) is 18.2 Å². The summed E-state index contributed by atoms with van der Waals surface area (Å²) in [5.41, 5.74) is 4.53. The van der Waals surface area contributed by atoms with Crippen molar-refractivity contribution in [2.75, 3.05) is 5.32 Å². The van der Waals surface area contributed by atoms with Crippen LogP contribution in [0.1, 0.15) is 5.56 Å². The van der Waals surface area contributed by atoms with E-state index in [0.717, 1.165) is 22.5 Å². The van der Waals surface area contributed by atoms with Crippen molar-refractivity contribution in [2.45, 2.75) is 6.54 Å². The lowest BCUT2D eigenvalue weighted by molar-refractivity contribution is 0.734. The van der Waals surface area contributed by atoms with Gasteiger partial charge in [-0.05, 0) is 46.8 Å². The molecule has 0 aliphatic heterocycles. The van der Waals surface area contributed by atoms with Crippen LogP contribution in [0, 0.1) is 0 Å². The van der Waals surface area contributed by atoms with Gasteiger partial charge in [-0.2, -0.15) is 5.10 Å². The molecule has 1 N–H and O–H groups in total. The van der Waals surface area contributed by atoms with E-state index in [0.29, 0.717) is 18.0 Å². The fourth-order valence-corrected chi connectivity index (χ4v) is 2.93. The van der Waals surface area contributed by atoms with E-state index in [9.17, 15) is 0 Å². The van der Waals surface area contributed by atoms with E-state index in [1.165, 1.54) is 4.63 Å². The summed E-state index contributed by atoms with van der Waals surface area (Å²) in [6.07, 6.45) is 5.55. The Balaban J connectivity index is 1.49. The number of aromatic nitrogens is 8. The smallest absolute Gasteiger partial charge is 0.200 e.